The number of rotatable bonds is 36. The maximum atomic E-state index is 14.9. The number of aliphatic hydroxyl groups excluding tert-OH is 1. The average molecular weight is 1280 g/mol. The second-order valence-electron chi connectivity index (χ2n) is 25.0. The van der Waals surface area contributed by atoms with E-state index >= 15 is 0 Å². The van der Waals surface area contributed by atoms with Crippen LogP contribution in [-0.2, 0) is 55.9 Å². The molecule has 0 aliphatic carbocycles. The summed E-state index contributed by atoms with van der Waals surface area (Å²) < 4.78 is 17.7. The van der Waals surface area contributed by atoms with E-state index in [-0.39, 0.29) is 68.0 Å². The molecule has 11 N–H and O–H groups in total. The van der Waals surface area contributed by atoms with Gasteiger partial charge in [-0.3, -0.25) is 33.6 Å². The van der Waals surface area contributed by atoms with Crippen LogP contribution in [0.1, 0.15) is 134 Å². The van der Waals surface area contributed by atoms with Gasteiger partial charge in [-0.15, -0.1) is 0 Å². The Morgan fingerprint density at radius 2 is 1.38 bits per heavy atom. The number of hydrogen-bond donors (Lipinski definition) is 9. The van der Waals surface area contributed by atoms with Gasteiger partial charge >= 0.3 is 12.1 Å². The third kappa shape index (κ3) is 22.5. The van der Waals surface area contributed by atoms with Crippen LogP contribution in [-0.4, -0.2) is 158 Å². The SMILES string of the molecule is CCC(C)C(C(CC(=O)N1CCC(C(OC)C(C)C(=O)NC(C)C(O)c2ccccc2)C1)OC)N(C)C(=O)C(NC(=O)C(C(C)C)C(Cc1ccc(NC(=O)C(CCCNC(N)=O)NC(=O)C(NC(=O)c2ccc(CN=[N+]=[N-])cc2)C(C)C)cc1)OC(N)=O)C(C)C. The van der Waals surface area contributed by atoms with Crippen LogP contribution in [0.15, 0.2) is 84.0 Å². The minimum absolute atomic E-state index is 0.0151. The topological polar surface area (TPSA) is 381 Å². The average Bonchev–Trinajstić information content (AvgIpc) is 1.60. The van der Waals surface area contributed by atoms with Crippen molar-refractivity contribution in [1.82, 2.24) is 36.4 Å². The number of carbonyl (C=O) groups excluding carboxylic acids is 9. The van der Waals surface area contributed by atoms with E-state index < -0.39 is 126 Å². The molecule has 92 heavy (non-hydrogen) atoms. The highest BCUT2D eigenvalue weighted by atomic mass is 16.6. The molecule has 506 valence electrons. The van der Waals surface area contributed by atoms with Crippen LogP contribution >= 0.6 is 0 Å². The fourth-order valence-electron chi connectivity index (χ4n) is 11.8. The number of methoxy groups -OCH3 is 2. The number of nitrogens with zero attached hydrogens (tertiary/aromatic N) is 5. The molecule has 3 aromatic rings. The smallest absolute Gasteiger partial charge is 0.404 e. The predicted molar refractivity (Wildman–Crippen MR) is 348 cm³/mol. The summed E-state index contributed by atoms with van der Waals surface area (Å²) in [7, 11) is 4.67. The highest BCUT2D eigenvalue weighted by molar-refractivity contribution is 6.00. The Morgan fingerprint density at radius 1 is 0.750 bits per heavy atom. The first-order valence-electron chi connectivity index (χ1n) is 31.6. The molecular formula is C66H99N13O13. The van der Waals surface area contributed by atoms with Crippen molar-refractivity contribution >= 4 is 59.2 Å². The Kier molecular flexibility index (Phi) is 30.8. The molecule has 10 amide bonds. The van der Waals surface area contributed by atoms with Crippen LogP contribution in [0.2, 0.25) is 0 Å². The lowest BCUT2D eigenvalue weighted by Gasteiger charge is -2.40. The molecule has 26 nitrogen and oxygen atoms in total. The lowest BCUT2D eigenvalue weighted by molar-refractivity contribution is -0.146. The van der Waals surface area contributed by atoms with E-state index in [2.05, 4.69) is 41.9 Å². The Morgan fingerprint density at radius 3 is 1.93 bits per heavy atom. The van der Waals surface area contributed by atoms with E-state index in [1.54, 1.807) is 128 Å². The normalized spacial score (nSPS) is 17.0. The van der Waals surface area contributed by atoms with Gasteiger partial charge in [0.05, 0.1) is 55.2 Å². The molecule has 26 heteroatoms. The number of hydrogen-bond acceptors (Lipinski definition) is 14. The van der Waals surface area contributed by atoms with Crippen LogP contribution in [0.25, 0.3) is 10.4 Å². The first-order valence-corrected chi connectivity index (χ1v) is 31.6. The highest BCUT2D eigenvalue weighted by Crippen LogP contribution is 2.31. The standard InChI is InChI=1S/C66H99N13O13/c1-14-40(8)56(51(90-12)34-52(80)79-32-30-47(36-79)58(91-13)41(9)59(82)72-42(10)57(81)45-19-16-15-17-20-45)78(11)64(87)55(39(6)7)76-62(85)53(37(2)3)50(92-66(68)89)33-43-24-28-48(29-25-43)73-61(84)49(21-18-31-70-65(67)88)74-63(86)54(38(4)5)75-60(83)46-26-22-44(23-27-46)35-71-77-69/h15-17,19-20,22-29,37-42,47,49-51,53-58,81H,14,18,21,30-36H2,1-13H3,(H2,68,89)(H,72,82)(H,73,84)(H,74,86)(H,75,83)(H,76,85)(H3,67,70,88). The molecule has 0 aromatic heterocycles. The van der Waals surface area contributed by atoms with E-state index in [9.17, 15) is 48.3 Å². The summed E-state index contributed by atoms with van der Waals surface area (Å²) in [6, 6.07) is 16.6. The molecule has 0 saturated carbocycles. The summed E-state index contributed by atoms with van der Waals surface area (Å²) in [6.45, 7) is 19.0. The first kappa shape index (κ1) is 76.1. The van der Waals surface area contributed by atoms with Gasteiger partial charge in [-0.05, 0) is 96.3 Å². The number of aliphatic hydroxyl groups is 1. The van der Waals surface area contributed by atoms with Gasteiger partial charge in [0.15, 0.2) is 0 Å². The van der Waals surface area contributed by atoms with Gasteiger partial charge in [0.1, 0.15) is 24.2 Å². The second-order valence-corrected chi connectivity index (χ2v) is 25.0. The molecular weight excluding hydrogens is 1180 g/mol. The van der Waals surface area contributed by atoms with Crippen molar-refractivity contribution in [1.29, 1.82) is 0 Å². The van der Waals surface area contributed by atoms with Crippen molar-refractivity contribution in [2.24, 2.45) is 58.0 Å². The molecule has 0 radical (unpaired) electrons. The number of nitrogens with two attached hydrogens (primary N) is 2. The van der Waals surface area contributed by atoms with Gasteiger partial charge in [-0.1, -0.05) is 128 Å². The Balaban J connectivity index is 1.47. The number of azide groups is 1. The van der Waals surface area contributed by atoms with Crippen LogP contribution in [0, 0.1) is 41.4 Å². The molecule has 0 bridgehead atoms. The highest BCUT2D eigenvalue weighted by Gasteiger charge is 2.43. The lowest BCUT2D eigenvalue weighted by Crippen LogP contribution is -2.58. The summed E-state index contributed by atoms with van der Waals surface area (Å²) in [5.74, 6) is -6.58. The van der Waals surface area contributed by atoms with Crippen LogP contribution in [0.5, 0.6) is 0 Å². The zero-order valence-electron chi connectivity index (χ0n) is 55.6. The van der Waals surface area contributed by atoms with Crippen molar-refractivity contribution in [2.75, 3.05) is 46.2 Å². The Bertz CT molecular complexity index is 2970. The molecule has 1 aliphatic rings. The zero-order valence-corrected chi connectivity index (χ0v) is 55.6. The number of ether oxygens (including phenoxy) is 3. The van der Waals surface area contributed by atoms with E-state index in [0.29, 0.717) is 48.3 Å². The van der Waals surface area contributed by atoms with Crippen LogP contribution < -0.4 is 43.4 Å². The molecule has 13 unspecified atom stereocenters. The minimum Gasteiger partial charge on any atom is -0.445 e. The van der Waals surface area contributed by atoms with Crippen molar-refractivity contribution in [2.45, 2.75) is 169 Å². The third-order valence-electron chi connectivity index (χ3n) is 17.2. The number of amides is 10. The number of urea groups is 1. The Hall–Kier alpha value is -8.32. The van der Waals surface area contributed by atoms with Gasteiger partial charge in [0, 0.05) is 69.4 Å². The van der Waals surface area contributed by atoms with Crippen molar-refractivity contribution in [3.8, 4) is 0 Å². The number of nitrogens with one attached hydrogen (secondary N) is 6. The summed E-state index contributed by atoms with van der Waals surface area (Å²) in [5.41, 5.74) is 22.1. The zero-order chi connectivity index (χ0) is 68.5. The number of likely N-dealkylation sites (N-methyl/N-ethyl adjacent to an activating group) is 1. The molecule has 1 heterocycles. The first-order chi connectivity index (χ1) is 43.6. The predicted octanol–water partition coefficient (Wildman–Crippen LogP) is 6.26. The maximum Gasteiger partial charge on any atom is 0.404 e. The second kappa shape index (κ2) is 37.3. The van der Waals surface area contributed by atoms with Gasteiger partial charge in [0.25, 0.3) is 5.91 Å². The summed E-state index contributed by atoms with van der Waals surface area (Å²) >= 11 is 0. The van der Waals surface area contributed by atoms with Gasteiger partial charge in [-0.2, -0.15) is 0 Å². The van der Waals surface area contributed by atoms with Crippen molar-refractivity contribution < 1.29 is 62.5 Å². The molecule has 1 saturated heterocycles. The number of benzene rings is 3. The van der Waals surface area contributed by atoms with E-state index in [0.717, 1.165) is 0 Å². The molecule has 1 aliphatic heterocycles. The van der Waals surface area contributed by atoms with Crippen LogP contribution in [0.4, 0.5) is 15.3 Å². The molecule has 3 aromatic carbocycles. The summed E-state index contributed by atoms with van der Waals surface area (Å²) in [5, 5.41) is 31.1. The largest absolute Gasteiger partial charge is 0.445 e. The monoisotopic (exact) mass is 1280 g/mol. The van der Waals surface area contributed by atoms with Crippen molar-refractivity contribution in [3.05, 3.63) is 112 Å². The minimum atomic E-state index is -1.15. The molecule has 4 rings (SSSR count). The molecule has 1 fully saturated rings. The third-order valence-corrected chi connectivity index (χ3v) is 17.2. The van der Waals surface area contributed by atoms with Crippen molar-refractivity contribution in [3.63, 3.8) is 0 Å². The van der Waals surface area contributed by atoms with E-state index in [1.807, 2.05) is 32.0 Å². The van der Waals surface area contributed by atoms with Gasteiger partial charge in [0.2, 0.25) is 35.4 Å². The fraction of sp³-hybridized carbons (Fsp3) is 0.591. The number of carbonyl (C=O) groups is 9. The molecule has 0 spiro atoms. The molecule has 13 atom stereocenters. The number of anilines is 1. The van der Waals surface area contributed by atoms with Gasteiger partial charge in [-0.25, -0.2) is 9.59 Å². The quantitative estimate of drug-likeness (QED) is 0.0135. The number of primary amides is 2. The number of likely N-dealkylation sites (tertiary alicyclic amines) is 1. The van der Waals surface area contributed by atoms with E-state index in [4.69, 9.17) is 31.2 Å². The Labute approximate surface area is 540 Å². The van der Waals surface area contributed by atoms with Gasteiger partial charge < -0.3 is 72.5 Å². The van der Waals surface area contributed by atoms with E-state index in [1.165, 1.54) is 19.2 Å². The maximum absolute atomic E-state index is 14.9. The summed E-state index contributed by atoms with van der Waals surface area (Å²) in [6.07, 6.45) is -3.06. The fourth-order valence-corrected chi connectivity index (χ4v) is 11.8. The summed E-state index contributed by atoms with van der Waals surface area (Å²) in [4.78, 5) is 129. The van der Waals surface area contributed by atoms with Crippen LogP contribution in [0.3, 0.4) is 0 Å². The lowest BCUT2D eigenvalue weighted by atomic mass is 9.85.